The fourth-order valence-electron chi connectivity index (χ4n) is 0. The molecule has 0 aromatic heterocycles. The maximum absolute atomic E-state index is 8.52. The molecule has 16 heteroatoms. The van der Waals surface area contributed by atoms with Crippen LogP contribution < -0.4 is 28.8 Å². The van der Waals surface area contributed by atoms with E-state index >= 15 is 0 Å². The van der Waals surface area contributed by atoms with Crippen LogP contribution in [0.4, 0.5) is 0 Å². The Morgan fingerprint density at radius 1 is 0.500 bits per heavy atom. The van der Waals surface area contributed by atoms with Crippen LogP contribution in [-0.2, 0) is 13.4 Å². The molecule has 0 heterocycles. The molecule has 9 nitrogen and oxygen atoms in total. The van der Waals surface area contributed by atoms with Gasteiger partial charge < -0.3 is 42.2 Å². The summed E-state index contributed by atoms with van der Waals surface area (Å²) < 4.78 is 25.6. The molecule has 0 atom stereocenters. The molecule has 0 aromatic carbocycles. The van der Waals surface area contributed by atoms with E-state index in [1.54, 1.807) is 0 Å². The second-order valence-corrected chi connectivity index (χ2v) is 2.25. The molecule has 0 unspecified atom stereocenters. The van der Waals surface area contributed by atoms with Gasteiger partial charge in [0, 0.05) is 27.5 Å². The van der Waals surface area contributed by atoms with Crippen molar-refractivity contribution in [2.24, 2.45) is 0 Å². The van der Waals surface area contributed by atoms with E-state index < -0.39 is 27.5 Å². The van der Waals surface area contributed by atoms with Crippen LogP contribution in [0.3, 0.4) is 0 Å². The Bertz CT molecular complexity index is 124. The van der Waals surface area contributed by atoms with Crippen LogP contribution in [0.15, 0.2) is 0 Å². The molecule has 0 aromatic rings. The van der Waals surface area contributed by atoms with Crippen molar-refractivity contribution < 1.29 is 42.2 Å². The van der Waals surface area contributed by atoms with E-state index in [4.69, 9.17) is 42.2 Å². The molecule has 0 saturated heterocycles. The van der Waals surface area contributed by atoms with Crippen molar-refractivity contribution >= 4 is 160 Å². The zero-order valence-corrected chi connectivity index (χ0v) is 11.6. The van der Waals surface area contributed by atoms with Gasteiger partial charge in [-0.25, -0.2) is 0 Å². The zero-order chi connectivity index (χ0) is 10.7. The Labute approximate surface area is 197 Å². The first kappa shape index (κ1) is 42.7. The third kappa shape index (κ3) is 470. The normalized spacial score (nSPS) is 4.50. The van der Waals surface area contributed by atoms with E-state index in [9.17, 15) is 0 Å². The molecule has 0 radical (unpaired) electrons. The SMILES string of the molecule is O=[Si]([O-])[O-].O=[Si]([O-])[O-].O=[Si]([O-])[O-].[Al+3].[Al+3].[BaH2].[BaH2]. The summed E-state index contributed by atoms with van der Waals surface area (Å²) >= 11 is 0. The van der Waals surface area contributed by atoms with Crippen LogP contribution in [0.5, 0.6) is 0 Å². The summed E-state index contributed by atoms with van der Waals surface area (Å²) in [5.74, 6) is 0. The van der Waals surface area contributed by atoms with Crippen molar-refractivity contribution in [1.29, 1.82) is 0 Å². The molecule has 0 fully saturated rings. The first-order valence-corrected chi connectivity index (χ1v) is 5.51. The molecule has 0 rings (SSSR count). The van der Waals surface area contributed by atoms with E-state index in [-0.39, 0.29) is 132 Å². The van der Waals surface area contributed by atoms with Gasteiger partial charge in [-0.2, -0.15) is 0 Å². The third-order valence-corrected chi connectivity index (χ3v) is 0. The van der Waals surface area contributed by atoms with Crippen LogP contribution in [0.2, 0.25) is 0 Å². The van der Waals surface area contributed by atoms with Crippen LogP contribution in [0.1, 0.15) is 0 Å². The van der Waals surface area contributed by atoms with Crippen LogP contribution in [-0.4, -0.2) is 160 Å². The van der Waals surface area contributed by atoms with E-state index in [1.165, 1.54) is 0 Å². The van der Waals surface area contributed by atoms with Gasteiger partial charge in [0.1, 0.15) is 0 Å². The average molecular weight is 561 g/mol. The second kappa shape index (κ2) is 36.1. The Kier molecular flexibility index (Phi) is 96.5. The van der Waals surface area contributed by atoms with Gasteiger partial charge in [0.25, 0.3) is 0 Å². The summed E-state index contributed by atoms with van der Waals surface area (Å²) in [6.07, 6.45) is 0. The Morgan fingerprint density at radius 2 is 0.500 bits per heavy atom. The summed E-state index contributed by atoms with van der Waals surface area (Å²) in [6, 6.07) is 0. The fourth-order valence-corrected chi connectivity index (χ4v) is 0. The molecule has 0 aliphatic heterocycles. The van der Waals surface area contributed by atoms with Gasteiger partial charge in [0.05, 0.1) is 0 Å². The van der Waals surface area contributed by atoms with E-state index in [0.29, 0.717) is 0 Å². The van der Waals surface area contributed by atoms with Gasteiger partial charge in [0.15, 0.2) is 0 Å². The molecular formula is H4Al2Ba2O9Si3. The van der Waals surface area contributed by atoms with Gasteiger partial charge in [-0.05, 0) is 0 Å². The average Bonchev–Trinajstić information content (AvgIpc) is 1.54. The van der Waals surface area contributed by atoms with Gasteiger partial charge in [-0.15, -0.1) is 0 Å². The summed E-state index contributed by atoms with van der Waals surface area (Å²) in [4.78, 5) is 51.1. The molecule has 0 aliphatic carbocycles. The Morgan fingerprint density at radius 3 is 0.500 bits per heavy atom. The van der Waals surface area contributed by atoms with Crippen molar-refractivity contribution in [3.05, 3.63) is 0 Å². The quantitative estimate of drug-likeness (QED) is 0.259. The van der Waals surface area contributed by atoms with E-state index in [0.717, 1.165) is 0 Å². The number of hydrogen-bond acceptors (Lipinski definition) is 9. The van der Waals surface area contributed by atoms with Gasteiger partial charge in [-0.1, -0.05) is 0 Å². The first-order valence-electron chi connectivity index (χ1n) is 1.84. The minimum absolute atomic E-state index is 0. The number of rotatable bonds is 0. The topological polar surface area (TPSA) is 190 Å². The molecule has 0 amide bonds. The van der Waals surface area contributed by atoms with Gasteiger partial charge >= 0.3 is 132 Å². The predicted octanol–water partition coefficient (Wildman–Crippen LogP) is -11.2. The molecule has 0 bridgehead atoms. The summed E-state index contributed by atoms with van der Waals surface area (Å²) in [6.45, 7) is 0. The summed E-state index contributed by atoms with van der Waals surface area (Å²) in [5.41, 5.74) is 0. The monoisotopic (exact) mass is 562 g/mol. The predicted molar refractivity (Wildman–Crippen MR) is 47.9 cm³/mol. The van der Waals surface area contributed by atoms with Gasteiger partial charge in [0.2, 0.25) is 0 Å². The number of hydrogen-bond donors (Lipinski definition) is 0. The van der Waals surface area contributed by atoms with E-state index in [2.05, 4.69) is 0 Å². The standard InChI is InChI=1S/2Al.2Ba.3O3Si.4H/c;;;;3*1-4(2)3;;;;/q2*+3;;;3*-2;;;;. The molecule has 0 aliphatic rings. The maximum atomic E-state index is 8.52. The van der Waals surface area contributed by atoms with Crippen molar-refractivity contribution in [2.45, 2.75) is 0 Å². The van der Waals surface area contributed by atoms with Crippen LogP contribution >= 0.6 is 0 Å². The Balaban J connectivity index is -0.0000000135. The fraction of sp³-hybridized carbons (Fsp3) is 0. The van der Waals surface area contributed by atoms with Crippen LogP contribution in [0, 0.1) is 0 Å². The molecule has 16 heavy (non-hydrogen) atoms. The first-order chi connectivity index (χ1) is 5.20. The van der Waals surface area contributed by atoms with Gasteiger partial charge in [-0.3, -0.25) is 0 Å². The van der Waals surface area contributed by atoms with Crippen molar-refractivity contribution in [1.82, 2.24) is 0 Å². The zero-order valence-electron chi connectivity index (χ0n) is 6.33. The molecule has 0 saturated carbocycles. The summed E-state index contributed by atoms with van der Waals surface area (Å²) in [7, 11) is -10.9. The Hall–Kier alpha value is 3.06. The van der Waals surface area contributed by atoms with Crippen LogP contribution in [0.25, 0.3) is 0 Å². The summed E-state index contributed by atoms with van der Waals surface area (Å²) in [5, 5.41) is 0. The molecule has 80 valence electrons. The molecule has 0 spiro atoms. The van der Waals surface area contributed by atoms with Crippen molar-refractivity contribution in [3.63, 3.8) is 0 Å². The van der Waals surface area contributed by atoms with Crippen molar-refractivity contribution in [2.75, 3.05) is 0 Å². The minimum atomic E-state index is -3.63. The second-order valence-electron chi connectivity index (χ2n) is 0.750. The molecule has 0 N–H and O–H groups in total. The van der Waals surface area contributed by atoms with E-state index in [1.807, 2.05) is 0 Å². The van der Waals surface area contributed by atoms with Crippen molar-refractivity contribution in [3.8, 4) is 0 Å². The molecular weight excluding hydrogens is 557 g/mol. The third-order valence-electron chi connectivity index (χ3n) is 0.